The van der Waals surface area contributed by atoms with Crippen molar-refractivity contribution in [3.8, 4) is 11.5 Å². The molecule has 0 fully saturated rings. The molecule has 13 heteroatoms. The van der Waals surface area contributed by atoms with Crippen LogP contribution in [0.15, 0.2) is 30.3 Å². The summed E-state index contributed by atoms with van der Waals surface area (Å²) in [6.45, 7) is -1.01. The molecular formula is C19H15F2N3O8. The first-order chi connectivity index (χ1) is 15.2. The zero-order valence-electron chi connectivity index (χ0n) is 16.2. The number of fused-ring (bicyclic) bond motifs is 1. The largest absolute Gasteiger partial charge is 0.486 e. The molecule has 1 heterocycles. The number of benzene rings is 2. The molecule has 168 valence electrons. The minimum Gasteiger partial charge on any atom is -0.486 e. The maximum atomic E-state index is 13.1. The van der Waals surface area contributed by atoms with Gasteiger partial charge in [0.25, 0.3) is 11.6 Å². The Morgan fingerprint density at radius 1 is 1.03 bits per heavy atom. The van der Waals surface area contributed by atoms with E-state index in [1.54, 1.807) is 0 Å². The van der Waals surface area contributed by atoms with Crippen molar-refractivity contribution in [1.82, 2.24) is 5.32 Å². The van der Waals surface area contributed by atoms with Gasteiger partial charge in [-0.2, -0.15) is 0 Å². The molecule has 0 saturated carbocycles. The fourth-order valence-corrected chi connectivity index (χ4v) is 2.61. The van der Waals surface area contributed by atoms with Gasteiger partial charge < -0.3 is 24.8 Å². The van der Waals surface area contributed by atoms with Crippen LogP contribution in [0.2, 0.25) is 0 Å². The molecule has 0 aromatic heterocycles. The molecule has 0 saturated heterocycles. The van der Waals surface area contributed by atoms with E-state index in [0.29, 0.717) is 0 Å². The van der Waals surface area contributed by atoms with Crippen molar-refractivity contribution < 1.29 is 42.3 Å². The number of anilines is 1. The summed E-state index contributed by atoms with van der Waals surface area (Å²) >= 11 is 0. The number of nitro groups is 1. The number of rotatable bonds is 7. The molecule has 0 spiro atoms. The molecule has 2 aromatic carbocycles. The van der Waals surface area contributed by atoms with E-state index < -0.39 is 58.7 Å². The molecule has 0 atom stereocenters. The average Bonchev–Trinajstić information content (AvgIpc) is 2.77. The summed E-state index contributed by atoms with van der Waals surface area (Å²) in [5.74, 6) is -4.81. The zero-order valence-corrected chi connectivity index (χ0v) is 16.2. The minimum atomic E-state index is -1.16. The molecular weight excluding hydrogens is 436 g/mol. The summed E-state index contributed by atoms with van der Waals surface area (Å²) in [7, 11) is 0. The fourth-order valence-electron chi connectivity index (χ4n) is 2.61. The molecule has 1 aliphatic rings. The van der Waals surface area contributed by atoms with Gasteiger partial charge in [0.2, 0.25) is 5.91 Å². The van der Waals surface area contributed by atoms with Crippen LogP contribution in [0.1, 0.15) is 10.4 Å². The highest BCUT2D eigenvalue weighted by atomic mass is 19.2. The lowest BCUT2D eigenvalue weighted by Gasteiger charge is -2.18. The molecule has 2 aromatic rings. The van der Waals surface area contributed by atoms with E-state index in [1.807, 2.05) is 0 Å². The van der Waals surface area contributed by atoms with Crippen LogP contribution in [-0.2, 0) is 14.3 Å². The fraction of sp³-hybridized carbons (Fsp3) is 0.211. The van der Waals surface area contributed by atoms with Gasteiger partial charge in [-0.1, -0.05) is 0 Å². The summed E-state index contributed by atoms with van der Waals surface area (Å²) < 4.78 is 41.3. The quantitative estimate of drug-likeness (QED) is 0.366. The minimum absolute atomic E-state index is 0.0273. The molecule has 0 unspecified atom stereocenters. The number of halogens is 2. The predicted octanol–water partition coefficient (Wildman–Crippen LogP) is 1.56. The van der Waals surface area contributed by atoms with Crippen molar-refractivity contribution in [2.75, 3.05) is 31.7 Å². The Morgan fingerprint density at radius 2 is 1.72 bits per heavy atom. The van der Waals surface area contributed by atoms with E-state index >= 15 is 0 Å². The molecule has 3 rings (SSSR count). The van der Waals surface area contributed by atoms with Gasteiger partial charge in [-0.15, -0.1) is 0 Å². The summed E-state index contributed by atoms with van der Waals surface area (Å²) in [6.07, 6.45) is 0. The third kappa shape index (κ3) is 5.44. The van der Waals surface area contributed by atoms with Crippen molar-refractivity contribution in [2.24, 2.45) is 0 Å². The third-order valence-corrected chi connectivity index (χ3v) is 4.06. The summed E-state index contributed by atoms with van der Waals surface area (Å²) in [4.78, 5) is 46.3. The normalized spacial score (nSPS) is 11.9. The van der Waals surface area contributed by atoms with Gasteiger partial charge in [0.15, 0.2) is 29.7 Å². The van der Waals surface area contributed by atoms with E-state index in [4.69, 9.17) is 14.2 Å². The molecule has 2 N–H and O–H groups in total. The highest BCUT2D eigenvalue weighted by molar-refractivity contribution is 5.97. The molecule has 2 amide bonds. The number of ether oxygens (including phenoxy) is 3. The first-order valence-electron chi connectivity index (χ1n) is 9.01. The zero-order chi connectivity index (χ0) is 23.3. The maximum absolute atomic E-state index is 13.1. The van der Waals surface area contributed by atoms with Gasteiger partial charge in [-0.3, -0.25) is 19.7 Å². The second-order valence-electron chi connectivity index (χ2n) is 6.30. The second-order valence-corrected chi connectivity index (χ2v) is 6.30. The number of nitro benzene ring substituents is 1. The van der Waals surface area contributed by atoms with Crippen LogP contribution in [0.25, 0.3) is 0 Å². The van der Waals surface area contributed by atoms with Gasteiger partial charge >= 0.3 is 5.97 Å². The van der Waals surface area contributed by atoms with E-state index in [2.05, 4.69) is 10.6 Å². The number of nitrogens with zero attached hydrogens (tertiary/aromatic N) is 1. The van der Waals surface area contributed by atoms with Gasteiger partial charge in [0.05, 0.1) is 17.5 Å². The monoisotopic (exact) mass is 451 g/mol. The SMILES string of the molecule is O=C(COC(=O)c1cc2c(cc1[N+](=O)[O-])OCCO2)NCC(=O)Nc1ccc(F)c(F)c1. The van der Waals surface area contributed by atoms with E-state index in [1.165, 1.54) is 0 Å². The number of hydrogen-bond donors (Lipinski definition) is 2. The molecule has 32 heavy (non-hydrogen) atoms. The van der Waals surface area contributed by atoms with Crippen LogP contribution in [0.4, 0.5) is 20.2 Å². The van der Waals surface area contributed by atoms with Crippen molar-refractivity contribution in [3.63, 3.8) is 0 Å². The van der Waals surface area contributed by atoms with Crippen LogP contribution < -0.4 is 20.1 Å². The number of esters is 1. The number of carbonyl (C=O) groups excluding carboxylic acids is 3. The van der Waals surface area contributed by atoms with Crippen molar-refractivity contribution in [1.29, 1.82) is 0 Å². The average molecular weight is 451 g/mol. The first-order valence-corrected chi connectivity index (χ1v) is 9.01. The molecule has 0 aliphatic carbocycles. The van der Waals surface area contributed by atoms with Crippen LogP contribution in [0.5, 0.6) is 11.5 Å². The summed E-state index contributed by atoms with van der Waals surface area (Å²) in [5.41, 5.74) is -1.06. The molecule has 0 radical (unpaired) electrons. The highest BCUT2D eigenvalue weighted by Crippen LogP contribution is 2.36. The summed E-state index contributed by atoms with van der Waals surface area (Å²) in [5, 5.41) is 15.6. The van der Waals surface area contributed by atoms with E-state index in [9.17, 15) is 33.3 Å². The molecule has 0 bridgehead atoms. The standard InChI is InChI=1S/C19H15F2N3O8/c20-12-2-1-10(5-13(12)21)23-17(25)8-22-18(26)9-32-19(27)11-6-15-16(31-4-3-30-15)7-14(11)24(28)29/h1-2,5-7H,3-4,8-9H2,(H,22,26)(H,23,25). The Morgan fingerprint density at radius 3 is 2.38 bits per heavy atom. The van der Waals surface area contributed by atoms with Gasteiger partial charge in [-0.25, -0.2) is 13.6 Å². The first kappa shape index (κ1) is 22.4. The number of hydrogen-bond acceptors (Lipinski definition) is 8. The van der Waals surface area contributed by atoms with Crippen LogP contribution >= 0.6 is 0 Å². The Balaban J connectivity index is 1.53. The predicted molar refractivity (Wildman–Crippen MR) is 102 cm³/mol. The van der Waals surface area contributed by atoms with E-state index in [-0.39, 0.29) is 30.4 Å². The second kappa shape index (κ2) is 9.68. The summed E-state index contributed by atoms with van der Waals surface area (Å²) in [6, 6.07) is 4.81. The Hall–Kier alpha value is -4.29. The smallest absolute Gasteiger partial charge is 0.345 e. The molecule has 1 aliphatic heterocycles. The lowest BCUT2D eigenvalue weighted by Crippen LogP contribution is -2.35. The van der Waals surface area contributed by atoms with Crippen molar-refractivity contribution >= 4 is 29.2 Å². The number of amides is 2. The van der Waals surface area contributed by atoms with Crippen molar-refractivity contribution in [3.05, 3.63) is 57.6 Å². The van der Waals surface area contributed by atoms with Crippen LogP contribution in [0.3, 0.4) is 0 Å². The lowest BCUT2D eigenvalue weighted by atomic mass is 10.1. The van der Waals surface area contributed by atoms with Gasteiger partial charge in [0.1, 0.15) is 18.8 Å². The van der Waals surface area contributed by atoms with Gasteiger partial charge in [-0.05, 0) is 12.1 Å². The van der Waals surface area contributed by atoms with Crippen molar-refractivity contribution in [2.45, 2.75) is 0 Å². The third-order valence-electron chi connectivity index (χ3n) is 4.06. The van der Waals surface area contributed by atoms with Crippen LogP contribution in [0, 0.1) is 21.7 Å². The lowest BCUT2D eigenvalue weighted by molar-refractivity contribution is -0.385. The van der Waals surface area contributed by atoms with E-state index in [0.717, 1.165) is 30.3 Å². The number of carbonyl (C=O) groups is 3. The molecule has 11 nitrogen and oxygen atoms in total. The Labute approximate surface area is 178 Å². The number of nitrogens with one attached hydrogen (secondary N) is 2. The topological polar surface area (TPSA) is 146 Å². The van der Waals surface area contributed by atoms with Crippen LogP contribution in [-0.4, -0.2) is 49.1 Å². The Kier molecular flexibility index (Phi) is 6.77. The Bertz CT molecular complexity index is 1090. The van der Waals surface area contributed by atoms with Gasteiger partial charge in [0, 0.05) is 17.8 Å². The maximum Gasteiger partial charge on any atom is 0.345 e. The highest BCUT2D eigenvalue weighted by Gasteiger charge is 2.27.